The summed E-state index contributed by atoms with van der Waals surface area (Å²) in [5, 5.41) is 0. The Balaban J connectivity index is 2.90. The second-order valence-electron chi connectivity index (χ2n) is 2.64. The van der Waals surface area contributed by atoms with Crippen molar-refractivity contribution in [2.24, 2.45) is 0 Å². The quantitative estimate of drug-likeness (QED) is 0.626. The van der Waals surface area contributed by atoms with Crippen LogP contribution < -0.4 is 5.73 Å². The van der Waals surface area contributed by atoms with Crippen LogP contribution in [-0.2, 0) is 6.42 Å². The fourth-order valence-corrected chi connectivity index (χ4v) is 1.65. The molecule has 0 aliphatic carbocycles. The van der Waals surface area contributed by atoms with Crippen LogP contribution in [0.4, 0.5) is 18.9 Å². The topological polar surface area (TPSA) is 26.0 Å². The molecule has 72 valence electrons. The number of halogens is 4. The molecule has 0 heterocycles. The van der Waals surface area contributed by atoms with Gasteiger partial charge in [0.15, 0.2) is 0 Å². The van der Waals surface area contributed by atoms with Gasteiger partial charge in [0.25, 0.3) is 0 Å². The van der Waals surface area contributed by atoms with E-state index in [0.717, 1.165) is 0 Å². The Morgan fingerprint density at radius 2 is 1.92 bits per heavy atom. The number of rotatable bonds is 1. The Bertz CT molecular complexity index is 309. The van der Waals surface area contributed by atoms with Crippen LogP contribution in [0.5, 0.6) is 0 Å². The lowest BCUT2D eigenvalue weighted by Gasteiger charge is -2.08. The van der Waals surface area contributed by atoms with Crippen molar-refractivity contribution in [3.8, 4) is 0 Å². The zero-order valence-electron chi connectivity index (χ0n) is 6.53. The predicted octanol–water partition coefficient (Wildman–Crippen LogP) is 2.98. The fourth-order valence-electron chi connectivity index (χ4n) is 0.923. The Labute approximate surface area is 87.3 Å². The van der Waals surface area contributed by atoms with Crippen molar-refractivity contribution in [2.45, 2.75) is 12.6 Å². The van der Waals surface area contributed by atoms with Crippen molar-refractivity contribution in [1.29, 1.82) is 0 Å². The van der Waals surface area contributed by atoms with Gasteiger partial charge in [0.05, 0.1) is 6.42 Å². The molecule has 1 aromatic rings. The summed E-state index contributed by atoms with van der Waals surface area (Å²) in [6, 6.07) is 4.41. The molecule has 1 nitrogen and oxygen atoms in total. The molecule has 13 heavy (non-hydrogen) atoms. The van der Waals surface area contributed by atoms with Gasteiger partial charge in [0.1, 0.15) is 0 Å². The summed E-state index contributed by atoms with van der Waals surface area (Å²) in [6.45, 7) is 0. The summed E-state index contributed by atoms with van der Waals surface area (Å²) >= 11 is 1.85. The first-order chi connectivity index (χ1) is 5.88. The fraction of sp³-hybridized carbons (Fsp3) is 0.250. The third-order valence-corrected chi connectivity index (χ3v) is 2.47. The molecule has 0 saturated heterocycles. The highest BCUT2D eigenvalue weighted by Crippen LogP contribution is 2.25. The van der Waals surface area contributed by atoms with E-state index in [0.29, 0.717) is 9.26 Å². The lowest BCUT2D eigenvalue weighted by atomic mass is 10.1. The monoisotopic (exact) mass is 301 g/mol. The maximum absolute atomic E-state index is 12.0. The first-order valence-electron chi connectivity index (χ1n) is 3.49. The van der Waals surface area contributed by atoms with E-state index in [9.17, 15) is 13.2 Å². The zero-order chi connectivity index (χ0) is 10.1. The molecule has 5 heteroatoms. The highest BCUT2D eigenvalue weighted by molar-refractivity contribution is 14.1. The largest absolute Gasteiger partial charge is 0.399 e. The normalized spacial score (nSPS) is 11.7. The van der Waals surface area contributed by atoms with Crippen molar-refractivity contribution in [3.63, 3.8) is 0 Å². The smallest absolute Gasteiger partial charge is 0.393 e. The molecule has 0 fully saturated rings. The maximum Gasteiger partial charge on any atom is 0.393 e. The van der Waals surface area contributed by atoms with Gasteiger partial charge in [-0.25, -0.2) is 0 Å². The van der Waals surface area contributed by atoms with Gasteiger partial charge in [0, 0.05) is 9.26 Å². The molecule has 0 bridgehead atoms. The second-order valence-corrected chi connectivity index (χ2v) is 3.80. The van der Waals surface area contributed by atoms with Gasteiger partial charge in [-0.3, -0.25) is 0 Å². The van der Waals surface area contributed by atoms with Gasteiger partial charge in [0.2, 0.25) is 0 Å². The molecule has 1 rings (SSSR count). The summed E-state index contributed by atoms with van der Waals surface area (Å²) in [6.07, 6.45) is -5.05. The molecular formula is C8H7F3IN. The van der Waals surface area contributed by atoms with Crippen LogP contribution in [-0.4, -0.2) is 6.18 Å². The Morgan fingerprint density at radius 3 is 2.38 bits per heavy atom. The van der Waals surface area contributed by atoms with Gasteiger partial charge in [-0.2, -0.15) is 13.2 Å². The molecule has 1 aromatic carbocycles. The summed E-state index contributed by atoms with van der Waals surface area (Å²) in [5.74, 6) is 0. The molecule has 2 N–H and O–H groups in total. The van der Waals surface area contributed by atoms with E-state index in [1.807, 2.05) is 22.6 Å². The molecule has 0 spiro atoms. The van der Waals surface area contributed by atoms with Crippen molar-refractivity contribution in [2.75, 3.05) is 5.73 Å². The first-order valence-corrected chi connectivity index (χ1v) is 4.57. The van der Waals surface area contributed by atoms with Crippen molar-refractivity contribution in [3.05, 3.63) is 27.3 Å². The summed E-state index contributed by atoms with van der Waals surface area (Å²) in [7, 11) is 0. The summed E-state index contributed by atoms with van der Waals surface area (Å²) in [4.78, 5) is 0. The zero-order valence-corrected chi connectivity index (χ0v) is 8.69. The van der Waals surface area contributed by atoms with E-state index < -0.39 is 12.6 Å². The highest BCUT2D eigenvalue weighted by atomic mass is 127. The van der Waals surface area contributed by atoms with Gasteiger partial charge >= 0.3 is 6.18 Å². The molecule has 0 saturated carbocycles. The molecule has 0 aromatic heterocycles. The average Bonchev–Trinajstić information content (AvgIpc) is 1.93. The summed E-state index contributed by atoms with van der Waals surface area (Å²) in [5.41, 5.74) is 6.15. The van der Waals surface area contributed by atoms with Crippen LogP contribution in [0.3, 0.4) is 0 Å². The number of anilines is 1. The summed E-state index contributed by atoms with van der Waals surface area (Å²) < 4.78 is 36.5. The van der Waals surface area contributed by atoms with Gasteiger partial charge in [-0.1, -0.05) is 6.07 Å². The van der Waals surface area contributed by atoms with Crippen LogP contribution in [0.15, 0.2) is 18.2 Å². The minimum Gasteiger partial charge on any atom is -0.399 e. The van der Waals surface area contributed by atoms with Crippen molar-refractivity contribution >= 4 is 28.3 Å². The minimum atomic E-state index is -4.16. The highest BCUT2D eigenvalue weighted by Gasteiger charge is 2.28. The van der Waals surface area contributed by atoms with Crippen molar-refractivity contribution < 1.29 is 13.2 Å². The predicted molar refractivity (Wildman–Crippen MR) is 53.3 cm³/mol. The lowest BCUT2D eigenvalue weighted by molar-refractivity contribution is -0.127. The Kier molecular flexibility index (Phi) is 3.05. The maximum atomic E-state index is 12.0. The van der Waals surface area contributed by atoms with E-state index in [1.54, 1.807) is 0 Å². The molecule has 0 aliphatic heterocycles. The van der Waals surface area contributed by atoms with E-state index in [1.165, 1.54) is 18.2 Å². The third-order valence-electron chi connectivity index (χ3n) is 1.47. The molecule has 0 radical (unpaired) electrons. The second kappa shape index (κ2) is 3.73. The standard InChI is InChI=1S/C8H7F3IN/c9-8(10,11)4-5-1-2-6(13)3-7(5)12/h1-3H,4,13H2. The molecule has 0 atom stereocenters. The number of hydrogen-bond donors (Lipinski definition) is 1. The minimum absolute atomic E-state index is 0.266. The van der Waals surface area contributed by atoms with Gasteiger partial charge in [-0.15, -0.1) is 0 Å². The Hall–Kier alpha value is -0.460. The molecule has 0 aliphatic rings. The van der Waals surface area contributed by atoms with Crippen LogP contribution in [0.2, 0.25) is 0 Å². The Morgan fingerprint density at radius 1 is 1.31 bits per heavy atom. The van der Waals surface area contributed by atoms with Gasteiger partial charge < -0.3 is 5.73 Å². The number of nitrogens with two attached hydrogens (primary N) is 1. The number of alkyl halides is 3. The van der Waals surface area contributed by atoms with Crippen LogP contribution in [0.1, 0.15) is 5.56 Å². The van der Waals surface area contributed by atoms with Crippen LogP contribution >= 0.6 is 22.6 Å². The van der Waals surface area contributed by atoms with E-state index in [2.05, 4.69) is 0 Å². The lowest BCUT2D eigenvalue weighted by Crippen LogP contribution is -2.12. The molecule has 0 amide bonds. The van der Waals surface area contributed by atoms with Gasteiger partial charge in [-0.05, 0) is 40.3 Å². The average molecular weight is 301 g/mol. The number of hydrogen-bond acceptors (Lipinski definition) is 1. The first kappa shape index (κ1) is 10.6. The number of nitrogen functional groups attached to an aromatic ring is 1. The molecule has 0 unspecified atom stereocenters. The van der Waals surface area contributed by atoms with Crippen LogP contribution in [0.25, 0.3) is 0 Å². The molecular weight excluding hydrogens is 294 g/mol. The van der Waals surface area contributed by atoms with E-state index in [-0.39, 0.29) is 5.56 Å². The number of benzene rings is 1. The van der Waals surface area contributed by atoms with E-state index >= 15 is 0 Å². The van der Waals surface area contributed by atoms with E-state index in [4.69, 9.17) is 5.73 Å². The van der Waals surface area contributed by atoms with Crippen LogP contribution in [0, 0.1) is 3.57 Å². The third kappa shape index (κ3) is 3.41. The van der Waals surface area contributed by atoms with Crippen molar-refractivity contribution in [1.82, 2.24) is 0 Å². The SMILES string of the molecule is Nc1ccc(CC(F)(F)F)c(I)c1.